The van der Waals surface area contributed by atoms with E-state index in [4.69, 9.17) is 9.47 Å². The number of allylic oxidation sites excluding steroid dienone is 2. The second-order valence-electron chi connectivity index (χ2n) is 6.89. The van der Waals surface area contributed by atoms with Crippen LogP contribution < -0.4 is 9.64 Å². The molecule has 0 saturated carbocycles. The van der Waals surface area contributed by atoms with Gasteiger partial charge in [-0.2, -0.15) is 0 Å². The predicted octanol–water partition coefficient (Wildman–Crippen LogP) is 3.19. The Labute approximate surface area is 148 Å². The molecule has 1 aliphatic carbocycles. The third kappa shape index (κ3) is 3.86. The van der Waals surface area contributed by atoms with Gasteiger partial charge < -0.3 is 14.4 Å². The van der Waals surface area contributed by atoms with Crippen LogP contribution in [0, 0.1) is 17.8 Å². The van der Waals surface area contributed by atoms with Crippen LogP contribution >= 0.6 is 0 Å². The van der Waals surface area contributed by atoms with Crippen molar-refractivity contribution < 1.29 is 19.1 Å². The van der Waals surface area contributed by atoms with E-state index in [0.717, 1.165) is 12.8 Å². The maximum Gasteiger partial charge on any atom is 0.311 e. The Morgan fingerprint density at radius 2 is 2.00 bits per heavy atom. The number of carbonyl (C=O) groups is 2. The fourth-order valence-corrected chi connectivity index (χ4v) is 3.50. The summed E-state index contributed by atoms with van der Waals surface area (Å²) < 4.78 is 10.9. The number of hydrogen-bond donors (Lipinski definition) is 0. The van der Waals surface area contributed by atoms with Crippen molar-refractivity contribution in [3.63, 3.8) is 0 Å². The summed E-state index contributed by atoms with van der Waals surface area (Å²) in [5, 5.41) is 0. The number of anilines is 1. The van der Waals surface area contributed by atoms with Gasteiger partial charge in [-0.05, 0) is 36.8 Å². The number of hydrogen-bond acceptors (Lipinski definition) is 4. The van der Waals surface area contributed by atoms with Gasteiger partial charge in [0, 0.05) is 13.0 Å². The molecule has 1 saturated heterocycles. The zero-order valence-electron chi connectivity index (χ0n) is 14.8. The molecule has 5 nitrogen and oxygen atoms in total. The minimum Gasteiger partial charge on any atom is -0.495 e. The smallest absolute Gasteiger partial charge is 0.311 e. The first-order valence-corrected chi connectivity index (χ1v) is 8.85. The van der Waals surface area contributed by atoms with Gasteiger partial charge in [0.2, 0.25) is 5.91 Å². The van der Waals surface area contributed by atoms with Gasteiger partial charge in [-0.3, -0.25) is 9.59 Å². The summed E-state index contributed by atoms with van der Waals surface area (Å²) in [5.74, 6) is 0.775. The molecule has 134 valence electrons. The van der Waals surface area contributed by atoms with Crippen molar-refractivity contribution in [2.75, 3.05) is 25.2 Å². The van der Waals surface area contributed by atoms with Crippen molar-refractivity contribution in [3.8, 4) is 5.75 Å². The standard InChI is InChI=1S/C20H25NO4/c1-14-7-3-4-8-15(14)13-25-20(23)16-11-19(22)21(12-16)17-9-5-6-10-18(17)24-2/h3-6,9-10,14-16H,7-8,11-13H2,1-2H3. The Morgan fingerprint density at radius 3 is 2.76 bits per heavy atom. The topological polar surface area (TPSA) is 55.8 Å². The van der Waals surface area contributed by atoms with Gasteiger partial charge in [-0.15, -0.1) is 0 Å². The van der Waals surface area contributed by atoms with Crippen LogP contribution in [-0.2, 0) is 14.3 Å². The summed E-state index contributed by atoms with van der Waals surface area (Å²) in [6.45, 7) is 2.96. The first kappa shape index (κ1) is 17.5. The zero-order chi connectivity index (χ0) is 17.8. The molecule has 1 fully saturated rings. The summed E-state index contributed by atoms with van der Waals surface area (Å²) in [5.41, 5.74) is 0.705. The van der Waals surface area contributed by atoms with Gasteiger partial charge in [0.15, 0.2) is 0 Å². The van der Waals surface area contributed by atoms with Crippen molar-refractivity contribution in [3.05, 3.63) is 36.4 Å². The van der Waals surface area contributed by atoms with Crippen LogP contribution in [-0.4, -0.2) is 32.1 Å². The molecule has 3 atom stereocenters. The Bertz CT molecular complexity index is 669. The number of amides is 1. The van der Waals surface area contributed by atoms with E-state index in [-0.39, 0.29) is 18.3 Å². The number of esters is 1. The third-order valence-corrected chi connectivity index (χ3v) is 5.19. The lowest BCUT2D eigenvalue weighted by Crippen LogP contribution is -2.28. The number of rotatable bonds is 5. The van der Waals surface area contributed by atoms with Gasteiger partial charge in [0.25, 0.3) is 0 Å². The molecule has 1 aliphatic heterocycles. The van der Waals surface area contributed by atoms with E-state index in [1.165, 1.54) is 0 Å². The zero-order valence-corrected chi connectivity index (χ0v) is 14.8. The average molecular weight is 343 g/mol. The molecule has 3 unspecified atom stereocenters. The fourth-order valence-electron chi connectivity index (χ4n) is 3.50. The molecule has 1 amide bonds. The molecule has 1 heterocycles. The van der Waals surface area contributed by atoms with E-state index in [2.05, 4.69) is 19.1 Å². The van der Waals surface area contributed by atoms with E-state index in [1.807, 2.05) is 24.3 Å². The van der Waals surface area contributed by atoms with E-state index >= 15 is 0 Å². The minimum absolute atomic E-state index is 0.0691. The molecule has 1 aromatic rings. The lowest BCUT2D eigenvalue weighted by atomic mass is 9.85. The number of nitrogens with zero attached hydrogens (tertiary/aromatic N) is 1. The molecule has 25 heavy (non-hydrogen) atoms. The van der Waals surface area contributed by atoms with Crippen LogP contribution in [0.3, 0.4) is 0 Å². The number of ether oxygens (including phenoxy) is 2. The summed E-state index contributed by atoms with van der Waals surface area (Å²) in [6, 6.07) is 7.36. The number of methoxy groups -OCH3 is 1. The van der Waals surface area contributed by atoms with Crippen LogP contribution in [0.15, 0.2) is 36.4 Å². The monoisotopic (exact) mass is 343 g/mol. The Morgan fingerprint density at radius 1 is 1.24 bits per heavy atom. The number of para-hydroxylation sites is 2. The summed E-state index contributed by atoms with van der Waals surface area (Å²) in [6.07, 6.45) is 6.51. The third-order valence-electron chi connectivity index (χ3n) is 5.19. The van der Waals surface area contributed by atoms with E-state index in [1.54, 1.807) is 12.0 Å². The maximum absolute atomic E-state index is 12.4. The van der Waals surface area contributed by atoms with Crippen LogP contribution in [0.5, 0.6) is 5.75 Å². The second-order valence-corrected chi connectivity index (χ2v) is 6.89. The van der Waals surface area contributed by atoms with Gasteiger partial charge in [0.05, 0.1) is 25.3 Å². The lowest BCUT2D eigenvalue weighted by molar-refractivity contribution is -0.150. The lowest BCUT2D eigenvalue weighted by Gasteiger charge is -2.25. The molecule has 0 aromatic heterocycles. The summed E-state index contributed by atoms with van der Waals surface area (Å²) >= 11 is 0. The van der Waals surface area contributed by atoms with Crippen molar-refractivity contribution in [1.29, 1.82) is 0 Å². The van der Waals surface area contributed by atoms with Crippen molar-refractivity contribution >= 4 is 17.6 Å². The Balaban J connectivity index is 1.60. The highest BCUT2D eigenvalue weighted by atomic mass is 16.5. The van der Waals surface area contributed by atoms with Crippen LogP contribution in [0.25, 0.3) is 0 Å². The van der Waals surface area contributed by atoms with Gasteiger partial charge in [-0.1, -0.05) is 31.2 Å². The van der Waals surface area contributed by atoms with Crippen molar-refractivity contribution in [2.24, 2.45) is 17.8 Å². The first-order valence-electron chi connectivity index (χ1n) is 8.85. The van der Waals surface area contributed by atoms with Crippen molar-refractivity contribution in [2.45, 2.75) is 26.2 Å². The molecule has 0 N–H and O–H groups in total. The van der Waals surface area contributed by atoms with Crippen molar-refractivity contribution in [1.82, 2.24) is 0 Å². The summed E-state index contributed by atoms with van der Waals surface area (Å²) in [4.78, 5) is 26.4. The molecule has 1 aromatic carbocycles. The molecule has 0 radical (unpaired) electrons. The van der Waals surface area contributed by atoms with Gasteiger partial charge >= 0.3 is 5.97 Å². The summed E-state index contributed by atoms with van der Waals surface area (Å²) in [7, 11) is 1.57. The molecular formula is C20H25NO4. The Kier molecular flexibility index (Phi) is 5.41. The largest absolute Gasteiger partial charge is 0.495 e. The molecular weight excluding hydrogens is 318 g/mol. The number of benzene rings is 1. The van der Waals surface area contributed by atoms with Crippen LogP contribution in [0.1, 0.15) is 26.2 Å². The fraction of sp³-hybridized carbons (Fsp3) is 0.500. The quantitative estimate of drug-likeness (QED) is 0.609. The first-order chi connectivity index (χ1) is 12.1. The van der Waals surface area contributed by atoms with E-state index in [9.17, 15) is 9.59 Å². The van der Waals surface area contributed by atoms with Crippen LogP contribution in [0.4, 0.5) is 5.69 Å². The normalized spacial score (nSPS) is 25.9. The SMILES string of the molecule is COc1ccccc1N1CC(C(=O)OCC2CC=CCC2C)CC1=O. The van der Waals surface area contributed by atoms with Gasteiger partial charge in [-0.25, -0.2) is 0 Å². The Hall–Kier alpha value is -2.30. The highest BCUT2D eigenvalue weighted by Gasteiger charge is 2.37. The molecule has 0 bridgehead atoms. The molecule has 2 aliphatic rings. The molecule has 3 rings (SSSR count). The maximum atomic E-state index is 12.4. The minimum atomic E-state index is -0.410. The van der Waals surface area contributed by atoms with E-state index in [0.29, 0.717) is 36.4 Å². The highest BCUT2D eigenvalue weighted by Crippen LogP contribution is 2.33. The molecule has 0 spiro atoms. The highest BCUT2D eigenvalue weighted by molar-refractivity contribution is 6.00. The average Bonchev–Trinajstić information content (AvgIpc) is 3.02. The van der Waals surface area contributed by atoms with Crippen LogP contribution in [0.2, 0.25) is 0 Å². The number of carbonyl (C=O) groups excluding carboxylic acids is 2. The second kappa shape index (κ2) is 7.72. The van der Waals surface area contributed by atoms with Gasteiger partial charge in [0.1, 0.15) is 5.75 Å². The predicted molar refractivity (Wildman–Crippen MR) is 95.4 cm³/mol. The van der Waals surface area contributed by atoms with E-state index < -0.39 is 5.92 Å². The molecule has 5 heteroatoms.